The van der Waals surface area contributed by atoms with E-state index < -0.39 is 5.60 Å². The summed E-state index contributed by atoms with van der Waals surface area (Å²) < 4.78 is 0. The van der Waals surface area contributed by atoms with Crippen molar-refractivity contribution in [3.8, 4) is 0 Å². The molecule has 1 atom stereocenters. The first-order chi connectivity index (χ1) is 9.28. The summed E-state index contributed by atoms with van der Waals surface area (Å²) >= 11 is 1.28. The summed E-state index contributed by atoms with van der Waals surface area (Å²) in [4.78, 5) is 18.7. The Labute approximate surface area is 123 Å². The van der Waals surface area contributed by atoms with Crippen LogP contribution in [0.2, 0.25) is 0 Å². The summed E-state index contributed by atoms with van der Waals surface area (Å²) in [5, 5.41) is 13.8. The molecule has 20 heavy (non-hydrogen) atoms. The number of thiazole rings is 1. The maximum absolute atomic E-state index is 12.4. The van der Waals surface area contributed by atoms with E-state index in [0.717, 1.165) is 6.54 Å². The smallest absolute Gasteiger partial charge is 0.267 e. The predicted molar refractivity (Wildman–Crippen MR) is 81.0 cm³/mol. The molecule has 0 saturated carbocycles. The molecule has 112 valence electrons. The average molecular weight is 298 g/mol. The van der Waals surface area contributed by atoms with Crippen LogP contribution in [0.15, 0.2) is 0 Å². The molecule has 2 heterocycles. The molecule has 0 bridgehead atoms. The fraction of sp³-hybridized carbons (Fsp3) is 0.692. The van der Waals surface area contributed by atoms with Crippen LogP contribution in [-0.2, 0) is 0 Å². The Morgan fingerprint density at radius 2 is 2.35 bits per heavy atom. The van der Waals surface area contributed by atoms with Crippen LogP contribution in [0.25, 0.3) is 0 Å². The molecule has 1 aliphatic heterocycles. The molecule has 1 amide bonds. The largest absolute Gasteiger partial charge is 0.388 e. The Morgan fingerprint density at radius 3 is 2.90 bits per heavy atom. The third-order valence-corrected chi connectivity index (χ3v) is 4.27. The fourth-order valence-electron chi connectivity index (χ4n) is 2.11. The highest BCUT2D eigenvalue weighted by atomic mass is 32.1. The Morgan fingerprint density at radius 1 is 1.65 bits per heavy atom. The molecule has 1 aromatic heterocycles. The van der Waals surface area contributed by atoms with E-state index in [4.69, 9.17) is 5.73 Å². The van der Waals surface area contributed by atoms with Crippen molar-refractivity contribution >= 4 is 28.2 Å². The molecule has 1 unspecified atom stereocenters. The summed E-state index contributed by atoms with van der Waals surface area (Å²) in [7, 11) is 0. The number of aromatic nitrogens is 1. The highest BCUT2D eigenvalue weighted by Crippen LogP contribution is 2.29. The summed E-state index contributed by atoms with van der Waals surface area (Å²) in [6.45, 7) is 7.63. The summed E-state index contributed by atoms with van der Waals surface area (Å²) in [6, 6.07) is 0. The minimum Gasteiger partial charge on any atom is -0.388 e. The van der Waals surface area contributed by atoms with Gasteiger partial charge in [-0.2, -0.15) is 0 Å². The lowest BCUT2D eigenvalue weighted by Gasteiger charge is -2.18. The Balaban J connectivity index is 2.07. The molecule has 1 aliphatic rings. The highest BCUT2D eigenvalue weighted by Gasteiger charge is 2.35. The van der Waals surface area contributed by atoms with E-state index in [9.17, 15) is 9.90 Å². The molecule has 0 spiro atoms. The van der Waals surface area contributed by atoms with Crippen molar-refractivity contribution in [2.45, 2.75) is 32.8 Å². The minimum atomic E-state index is -0.798. The van der Waals surface area contributed by atoms with Gasteiger partial charge in [0, 0.05) is 19.6 Å². The van der Waals surface area contributed by atoms with E-state index in [1.165, 1.54) is 11.3 Å². The van der Waals surface area contributed by atoms with Crippen LogP contribution in [-0.4, -0.2) is 46.1 Å². The number of aliphatic hydroxyl groups is 1. The monoisotopic (exact) mass is 298 g/mol. The van der Waals surface area contributed by atoms with Crippen molar-refractivity contribution in [3.63, 3.8) is 0 Å². The molecule has 1 fully saturated rings. The lowest BCUT2D eigenvalue weighted by molar-refractivity contribution is 0.0575. The number of rotatable bonds is 4. The van der Waals surface area contributed by atoms with Crippen LogP contribution in [0.4, 0.5) is 10.9 Å². The number of hydrogen-bond acceptors (Lipinski definition) is 6. The van der Waals surface area contributed by atoms with Gasteiger partial charge in [0.1, 0.15) is 10.7 Å². The third kappa shape index (κ3) is 3.40. The number of likely N-dealkylation sites (tertiary alicyclic amines) is 1. The molecule has 4 N–H and O–H groups in total. The van der Waals surface area contributed by atoms with Crippen LogP contribution in [0, 0.1) is 5.92 Å². The Kier molecular flexibility index (Phi) is 4.19. The van der Waals surface area contributed by atoms with E-state index in [0.29, 0.717) is 35.4 Å². The number of carbonyl (C=O) groups is 1. The molecule has 7 heteroatoms. The van der Waals surface area contributed by atoms with Gasteiger partial charge in [-0.05, 0) is 19.3 Å². The van der Waals surface area contributed by atoms with Gasteiger partial charge in [-0.15, -0.1) is 0 Å². The zero-order valence-electron chi connectivity index (χ0n) is 12.1. The van der Waals surface area contributed by atoms with Gasteiger partial charge in [-0.3, -0.25) is 4.79 Å². The van der Waals surface area contributed by atoms with Gasteiger partial charge in [0.05, 0.1) is 5.60 Å². The van der Waals surface area contributed by atoms with Gasteiger partial charge < -0.3 is 21.1 Å². The molecule has 0 radical (unpaired) electrons. The predicted octanol–water partition coefficient (Wildman–Crippen LogP) is 1.39. The highest BCUT2D eigenvalue weighted by molar-refractivity contribution is 7.18. The van der Waals surface area contributed by atoms with Crippen LogP contribution in [0.5, 0.6) is 0 Å². The van der Waals surface area contributed by atoms with Crippen LogP contribution in [0.1, 0.15) is 36.9 Å². The topological polar surface area (TPSA) is 91.5 Å². The Bertz CT molecular complexity index is 499. The van der Waals surface area contributed by atoms with Crippen molar-refractivity contribution in [1.82, 2.24) is 9.88 Å². The van der Waals surface area contributed by atoms with Crippen LogP contribution < -0.4 is 11.1 Å². The first-order valence-electron chi connectivity index (χ1n) is 6.80. The van der Waals surface area contributed by atoms with Gasteiger partial charge in [0.15, 0.2) is 5.13 Å². The molecular formula is C13H22N4O2S. The quantitative estimate of drug-likeness (QED) is 0.781. The maximum Gasteiger partial charge on any atom is 0.267 e. The van der Waals surface area contributed by atoms with Crippen molar-refractivity contribution in [2.75, 3.05) is 30.7 Å². The lowest BCUT2D eigenvalue weighted by Crippen LogP contribution is -2.33. The lowest BCUT2D eigenvalue weighted by atomic mass is 10.1. The first kappa shape index (κ1) is 15.1. The number of nitrogen functional groups attached to an aromatic ring is 1. The van der Waals surface area contributed by atoms with Gasteiger partial charge in [-0.25, -0.2) is 4.98 Å². The maximum atomic E-state index is 12.4. The second-order valence-electron chi connectivity index (χ2n) is 5.98. The number of anilines is 2. The summed E-state index contributed by atoms with van der Waals surface area (Å²) in [5.74, 6) is 0.612. The average Bonchev–Trinajstić information content (AvgIpc) is 2.89. The number of nitrogens with two attached hydrogens (primary N) is 1. The third-order valence-electron chi connectivity index (χ3n) is 3.25. The van der Waals surface area contributed by atoms with E-state index in [1.54, 1.807) is 11.8 Å². The van der Waals surface area contributed by atoms with Crippen molar-refractivity contribution in [2.24, 2.45) is 5.92 Å². The zero-order chi connectivity index (χ0) is 14.9. The van der Waals surface area contributed by atoms with Crippen molar-refractivity contribution < 1.29 is 9.90 Å². The minimum absolute atomic E-state index is 0.143. The fourth-order valence-corrected chi connectivity index (χ4v) is 2.97. The van der Waals surface area contributed by atoms with E-state index in [1.807, 2.05) is 0 Å². The van der Waals surface area contributed by atoms with E-state index in [2.05, 4.69) is 24.1 Å². The second-order valence-corrected chi connectivity index (χ2v) is 6.98. The van der Waals surface area contributed by atoms with E-state index >= 15 is 0 Å². The van der Waals surface area contributed by atoms with Gasteiger partial charge in [0.25, 0.3) is 5.91 Å². The number of nitrogens with zero attached hydrogens (tertiary/aromatic N) is 2. The first-order valence-corrected chi connectivity index (χ1v) is 7.62. The number of carbonyl (C=O) groups excluding carboxylic acids is 1. The van der Waals surface area contributed by atoms with Crippen molar-refractivity contribution in [1.29, 1.82) is 0 Å². The van der Waals surface area contributed by atoms with E-state index in [-0.39, 0.29) is 11.7 Å². The summed E-state index contributed by atoms with van der Waals surface area (Å²) in [5.41, 5.74) is 5.04. The molecule has 2 rings (SSSR count). The zero-order valence-corrected chi connectivity index (χ0v) is 13.0. The van der Waals surface area contributed by atoms with Gasteiger partial charge in [-0.1, -0.05) is 25.2 Å². The number of amides is 1. The number of nitrogens with one attached hydrogen (secondary N) is 1. The second kappa shape index (κ2) is 5.57. The summed E-state index contributed by atoms with van der Waals surface area (Å²) in [6.07, 6.45) is 0.593. The standard InChI is InChI=1S/C13H22N4O2S/c1-8(2)6-15-12-16-10(14)9(20-12)11(18)17-5-4-13(3,19)7-17/h8,19H,4-7,14H2,1-3H3,(H,15,16). The SMILES string of the molecule is CC(C)CNc1nc(N)c(C(=O)N2CCC(C)(O)C2)s1. The Hall–Kier alpha value is -1.34. The molecular weight excluding hydrogens is 276 g/mol. The molecule has 0 aliphatic carbocycles. The normalized spacial score (nSPS) is 22.6. The van der Waals surface area contributed by atoms with Gasteiger partial charge >= 0.3 is 0 Å². The molecule has 1 saturated heterocycles. The molecule has 1 aromatic rings. The molecule has 6 nitrogen and oxygen atoms in total. The van der Waals surface area contributed by atoms with Crippen LogP contribution >= 0.6 is 11.3 Å². The van der Waals surface area contributed by atoms with Crippen LogP contribution in [0.3, 0.4) is 0 Å². The van der Waals surface area contributed by atoms with Crippen molar-refractivity contribution in [3.05, 3.63) is 4.88 Å². The van der Waals surface area contributed by atoms with Gasteiger partial charge in [0.2, 0.25) is 0 Å². The number of β-amino-alcohol motifs (C(OH)–C–C–N with tert-alkyl or cyclic N) is 1. The molecule has 0 aromatic carbocycles. The number of hydrogen-bond donors (Lipinski definition) is 3.